The van der Waals surface area contributed by atoms with Crippen molar-refractivity contribution in [2.24, 2.45) is 0 Å². The summed E-state index contributed by atoms with van der Waals surface area (Å²) in [7, 11) is 0. The van der Waals surface area contributed by atoms with E-state index >= 15 is 0 Å². The molecular weight excluding hydrogens is 403 g/mol. The molecule has 0 aromatic heterocycles. The molecule has 1 rings (SSSR count). The minimum atomic E-state index is -5.85. The monoisotopic (exact) mass is 410 g/mol. The minimum Gasteiger partial charge on any atom is -0.318 e. The van der Waals surface area contributed by atoms with Crippen molar-refractivity contribution in [1.29, 1.82) is 0 Å². The van der Waals surface area contributed by atoms with Crippen molar-refractivity contribution in [3.8, 4) is 0 Å². The second-order valence-electron chi connectivity index (χ2n) is 4.89. The van der Waals surface area contributed by atoms with Crippen LogP contribution in [0.5, 0.6) is 0 Å². The number of carbonyl (C=O) groups is 3. The van der Waals surface area contributed by atoms with Gasteiger partial charge < -0.3 is 5.32 Å². The van der Waals surface area contributed by atoms with Crippen molar-refractivity contribution in [2.45, 2.75) is 25.5 Å². The zero-order valence-electron chi connectivity index (χ0n) is 12.8. The van der Waals surface area contributed by atoms with Gasteiger partial charge in [0.2, 0.25) is 0 Å². The highest BCUT2D eigenvalue weighted by atomic mass is 19.4. The van der Waals surface area contributed by atoms with Crippen LogP contribution in [0, 0.1) is 6.92 Å². The molecular formula is C13H7F9N2O3. The van der Waals surface area contributed by atoms with Gasteiger partial charge in [-0.3, -0.25) is 14.4 Å². The van der Waals surface area contributed by atoms with Crippen LogP contribution < -0.4 is 10.2 Å². The largest absolute Gasteiger partial charge is 0.472 e. The summed E-state index contributed by atoms with van der Waals surface area (Å²) >= 11 is 0. The fraction of sp³-hybridized carbons (Fsp3) is 0.308. The number of alkyl halides is 9. The molecule has 0 saturated carbocycles. The standard InChI is InChI=1S/C13H7F9N2O3/c1-5-4-6(23-8(25)11(14,15)16)2-3-7(5)24(9(26)12(17,18)19)10(27)13(20,21)22/h2-4H,1H3,(H,23,25). The molecule has 1 aromatic rings. The molecule has 5 nitrogen and oxygen atoms in total. The number of aryl methyl sites for hydroxylation is 1. The fourth-order valence-electron chi connectivity index (χ4n) is 1.75. The number of halogens is 9. The smallest absolute Gasteiger partial charge is 0.318 e. The molecule has 0 spiro atoms. The van der Waals surface area contributed by atoms with Gasteiger partial charge >= 0.3 is 36.3 Å². The summed E-state index contributed by atoms with van der Waals surface area (Å²) in [5.41, 5.74) is -2.44. The SMILES string of the molecule is Cc1cc(NC(=O)C(F)(F)F)ccc1N(C(=O)C(F)(F)F)C(=O)C(F)(F)F. The van der Waals surface area contributed by atoms with E-state index in [4.69, 9.17) is 0 Å². The van der Waals surface area contributed by atoms with Gasteiger partial charge in [0.25, 0.3) is 0 Å². The second-order valence-corrected chi connectivity index (χ2v) is 4.89. The highest BCUT2D eigenvalue weighted by Crippen LogP contribution is 2.32. The van der Waals surface area contributed by atoms with Crippen LogP contribution in [0.2, 0.25) is 0 Å². The van der Waals surface area contributed by atoms with E-state index in [2.05, 4.69) is 0 Å². The lowest BCUT2D eigenvalue weighted by Crippen LogP contribution is -2.50. The van der Waals surface area contributed by atoms with Crippen LogP contribution in [-0.2, 0) is 14.4 Å². The summed E-state index contributed by atoms with van der Waals surface area (Å²) in [6.07, 6.45) is -17.0. The van der Waals surface area contributed by atoms with Crippen LogP contribution >= 0.6 is 0 Å². The molecule has 0 radical (unpaired) electrons. The van der Waals surface area contributed by atoms with Crippen molar-refractivity contribution in [3.05, 3.63) is 23.8 Å². The Bertz CT molecular complexity index is 740. The number of hydrogen-bond donors (Lipinski definition) is 1. The van der Waals surface area contributed by atoms with Gasteiger partial charge in [-0.25, -0.2) is 4.90 Å². The lowest BCUT2D eigenvalue weighted by molar-refractivity contribution is -0.181. The summed E-state index contributed by atoms with van der Waals surface area (Å²) in [5, 5.41) is 1.31. The van der Waals surface area contributed by atoms with E-state index in [0.29, 0.717) is 18.2 Å². The molecule has 0 aliphatic heterocycles. The Morgan fingerprint density at radius 3 is 1.59 bits per heavy atom. The van der Waals surface area contributed by atoms with Crippen molar-refractivity contribution in [3.63, 3.8) is 0 Å². The summed E-state index contributed by atoms with van der Waals surface area (Å²) < 4.78 is 112. The van der Waals surface area contributed by atoms with Gasteiger partial charge in [-0.15, -0.1) is 0 Å². The summed E-state index contributed by atoms with van der Waals surface area (Å²) in [6, 6.07) is 1.40. The third-order valence-electron chi connectivity index (χ3n) is 2.84. The lowest BCUT2D eigenvalue weighted by Gasteiger charge is -2.24. The first kappa shape index (κ1) is 22.2. The van der Waals surface area contributed by atoms with Crippen molar-refractivity contribution < 1.29 is 53.9 Å². The maximum Gasteiger partial charge on any atom is 0.472 e. The van der Waals surface area contributed by atoms with Crippen molar-refractivity contribution in [2.75, 3.05) is 10.2 Å². The Morgan fingerprint density at radius 2 is 1.26 bits per heavy atom. The predicted octanol–water partition coefficient (Wildman–Crippen LogP) is 3.48. The number of carbonyl (C=O) groups excluding carboxylic acids is 3. The Hall–Kier alpha value is -2.80. The van der Waals surface area contributed by atoms with Crippen LogP contribution in [0.4, 0.5) is 50.9 Å². The highest BCUT2D eigenvalue weighted by molar-refractivity contribution is 6.18. The van der Waals surface area contributed by atoms with E-state index < -0.39 is 58.1 Å². The first-order chi connectivity index (χ1) is 12.0. The Balaban J connectivity index is 3.38. The average Bonchev–Trinajstić information content (AvgIpc) is 2.46. The Morgan fingerprint density at radius 1 is 0.815 bits per heavy atom. The summed E-state index contributed by atoms with van der Waals surface area (Å²) in [4.78, 5) is 32.1. The van der Waals surface area contributed by atoms with Crippen LogP contribution in [-0.4, -0.2) is 36.3 Å². The van der Waals surface area contributed by atoms with Crippen LogP contribution in [0.15, 0.2) is 18.2 Å². The van der Waals surface area contributed by atoms with E-state index in [1.165, 1.54) is 5.32 Å². The van der Waals surface area contributed by atoms with Gasteiger partial charge in [-0.2, -0.15) is 39.5 Å². The van der Waals surface area contributed by atoms with E-state index in [0.717, 1.165) is 6.92 Å². The van der Waals surface area contributed by atoms with Gasteiger partial charge in [0, 0.05) is 5.69 Å². The van der Waals surface area contributed by atoms with E-state index in [9.17, 15) is 53.9 Å². The number of rotatable bonds is 2. The number of anilines is 2. The number of nitrogens with one attached hydrogen (secondary N) is 1. The molecule has 0 unspecified atom stereocenters. The van der Waals surface area contributed by atoms with Gasteiger partial charge in [-0.1, -0.05) is 0 Å². The van der Waals surface area contributed by atoms with E-state index in [1.54, 1.807) is 0 Å². The van der Waals surface area contributed by atoms with Gasteiger partial charge in [0.15, 0.2) is 0 Å². The zero-order valence-corrected chi connectivity index (χ0v) is 12.8. The third kappa shape index (κ3) is 5.34. The molecule has 0 fully saturated rings. The molecule has 150 valence electrons. The maximum atomic E-state index is 12.6. The molecule has 27 heavy (non-hydrogen) atoms. The summed E-state index contributed by atoms with van der Waals surface area (Å²) in [6.45, 7) is 0.818. The number of imide groups is 1. The second kappa shape index (κ2) is 7.08. The molecule has 0 atom stereocenters. The molecule has 0 heterocycles. The quantitative estimate of drug-likeness (QED) is 0.760. The van der Waals surface area contributed by atoms with Crippen molar-refractivity contribution in [1.82, 2.24) is 0 Å². The minimum absolute atomic E-state index is 0.356. The van der Waals surface area contributed by atoms with Crippen molar-refractivity contribution >= 4 is 29.1 Å². The topological polar surface area (TPSA) is 66.5 Å². The van der Waals surface area contributed by atoms with Gasteiger partial charge in [0.05, 0.1) is 5.69 Å². The number of hydrogen-bond acceptors (Lipinski definition) is 3. The Kier molecular flexibility index (Phi) is 5.83. The predicted molar refractivity (Wildman–Crippen MR) is 70.5 cm³/mol. The third-order valence-corrected chi connectivity index (χ3v) is 2.84. The number of amides is 3. The first-order valence-corrected chi connectivity index (χ1v) is 6.47. The summed E-state index contributed by atoms with van der Waals surface area (Å²) in [5.74, 6) is -8.76. The normalized spacial score (nSPS) is 12.5. The molecule has 0 aliphatic carbocycles. The molecule has 0 aliphatic rings. The maximum absolute atomic E-state index is 12.6. The molecule has 0 bridgehead atoms. The van der Waals surface area contributed by atoms with Gasteiger partial charge in [-0.05, 0) is 30.7 Å². The van der Waals surface area contributed by atoms with Crippen LogP contribution in [0.1, 0.15) is 5.56 Å². The first-order valence-electron chi connectivity index (χ1n) is 6.47. The highest BCUT2D eigenvalue weighted by Gasteiger charge is 2.53. The molecule has 1 aromatic carbocycles. The average molecular weight is 410 g/mol. The zero-order chi connectivity index (χ0) is 21.4. The molecule has 14 heteroatoms. The van der Waals surface area contributed by atoms with Crippen LogP contribution in [0.25, 0.3) is 0 Å². The van der Waals surface area contributed by atoms with Crippen LogP contribution in [0.3, 0.4) is 0 Å². The Labute approximate surface area is 143 Å². The molecule has 3 amide bonds. The van der Waals surface area contributed by atoms with Gasteiger partial charge in [0.1, 0.15) is 0 Å². The number of benzene rings is 1. The number of nitrogens with zero attached hydrogens (tertiary/aromatic N) is 1. The molecule has 1 N–H and O–H groups in total. The van der Waals surface area contributed by atoms with E-state index in [1.807, 2.05) is 0 Å². The van der Waals surface area contributed by atoms with E-state index in [-0.39, 0.29) is 0 Å². The fourth-order valence-corrected chi connectivity index (χ4v) is 1.75. The molecule has 0 saturated heterocycles. The lowest BCUT2D eigenvalue weighted by atomic mass is 10.1.